The van der Waals surface area contributed by atoms with Gasteiger partial charge in [-0.1, -0.05) is 0 Å². The van der Waals surface area contributed by atoms with Crippen molar-refractivity contribution in [2.75, 3.05) is 13.7 Å². The lowest BCUT2D eigenvalue weighted by molar-refractivity contribution is 0.0738. The maximum Gasteiger partial charge on any atom is 0.254 e. The van der Waals surface area contributed by atoms with E-state index in [4.69, 9.17) is 13.6 Å². The highest BCUT2D eigenvalue weighted by molar-refractivity contribution is 5.93. The molecular weight excluding hydrogens is 222 g/mol. The van der Waals surface area contributed by atoms with Crippen molar-refractivity contribution in [1.82, 2.24) is 5.32 Å². The molecule has 1 atom stereocenters. The average Bonchev–Trinajstić information content (AvgIpc) is 3.02. The summed E-state index contributed by atoms with van der Waals surface area (Å²) in [5.41, 5.74) is 0.485. The maximum atomic E-state index is 11.6. The summed E-state index contributed by atoms with van der Waals surface area (Å²) in [6, 6.07) is 5.18. The van der Waals surface area contributed by atoms with Gasteiger partial charge in [-0.05, 0) is 18.2 Å². The molecule has 0 aliphatic carbocycles. The molecule has 2 heterocycles. The zero-order valence-corrected chi connectivity index (χ0v) is 9.38. The van der Waals surface area contributed by atoms with E-state index >= 15 is 0 Å². The second-order valence-corrected chi connectivity index (χ2v) is 3.46. The van der Waals surface area contributed by atoms with E-state index in [0.717, 1.165) is 0 Å². The Bertz CT molecular complexity index is 447. The van der Waals surface area contributed by atoms with Gasteiger partial charge in [0.25, 0.3) is 5.91 Å². The Morgan fingerprint density at radius 3 is 2.94 bits per heavy atom. The van der Waals surface area contributed by atoms with Crippen LogP contribution in [0, 0.1) is 0 Å². The Kier molecular flexibility index (Phi) is 3.62. The molecule has 5 heteroatoms. The quantitative estimate of drug-likeness (QED) is 0.860. The number of amides is 1. The monoisotopic (exact) mass is 235 g/mol. The van der Waals surface area contributed by atoms with Gasteiger partial charge in [-0.25, -0.2) is 0 Å². The number of carbonyl (C=O) groups excluding carboxylic acids is 1. The lowest BCUT2D eigenvalue weighted by Gasteiger charge is -2.13. The van der Waals surface area contributed by atoms with E-state index < -0.39 is 0 Å². The molecule has 1 amide bonds. The van der Waals surface area contributed by atoms with Crippen molar-refractivity contribution in [1.29, 1.82) is 0 Å². The van der Waals surface area contributed by atoms with Gasteiger partial charge in [-0.3, -0.25) is 4.79 Å². The number of carbonyl (C=O) groups is 1. The predicted octanol–water partition coefficient (Wildman–Crippen LogP) is 1.99. The van der Waals surface area contributed by atoms with E-state index in [0.29, 0.717) is 17.9 Å². The topological polar surface area (TPSA) is 64.6 Å². The lowest BCUT2D eigenvalue weighted by atomic mass is 10.2. The van der Waals surface area contributed by atoms with Crippen LogP contribution < -0.4 is 5.32 Å². The minimum absolute atomic E-state index is 0.202. The SMILES string of the molecule is COC(CNC(=O)c1ccoc1)c1ccco1. The molecule has 2 aromatic heterocycles. The molecule has 0 bridgehead atoms. The zero-order valence-electron chi connectivity index (χ0n) is 9.38. The predicted molar refractivity (Wildman–Crippen MR) is 59.5 cm³/mol. The van der Waals surface area contributed by atoms with Gasteiger partial charge in [-0.2, -0.15) is 0 Å². The summed E-state index contributed by atoms with van der Waals surface area (Å²) < 4.78 is 15.3. The van der Waals surface area contributed by atoms with Gasteiger partial charge in [0, 0.05) is 7.11 Å². The number of rotatable bonds is 5. The van der Waals surface area contributed by atoms with E-state index in [1.807, 2.05) is 0 Å². The molecule has 1 unspecified atom stereocenters. The first-order valence-electron chi connectivity index (χ1n) is 5.18. The minimum Gasteiger partial charge on any atom is -0.472 e. The Labute approximate surface area is 98.4 Å². The van der Waals surface area contributed by atoms with Crippen LogP contribution in [0.2, 0.25) is 0 Å². The first-order chi connectivity index (χ1) is 8.31. The van der Waals surface area contributed by atoms with Gasteiger partial charge in [0.1, 0.15) is 18.1 Å². The van der Waals surface area contributed by atoms with Crippen molar-refractivity contribution in [3.8, 4) is 0 Å². The number of hydrogen-bond acceptors (Lipinski definition) is 4. The van der Waals surface area contributed by atoms with Crippen LogP contribution >= 0.6 is 0 Å². The molecule has 5 nitrogen and oxygen atoms in total. The van der Waals surface area contributed by atoms with Crippen LogP contribution in [-0.4, -0.2) is 19.6 Å². The number of nitrogens with one attached hydrogen (secondary N) is 1. The molecule has 0 spiro atoms. The summed E-state index contributed by atoms with van der Waals surface area (Å²) in [5, 5.41) is 2.74. The van der Waals surface area contributed by atoms with Crippen LogP contribution in [0.5, 0.6) is 0 Å². The summed E-state index contributed by atoms with van der Waals surface area (Å²) in [6.45, 7) is 0.341. The number of methoxy groups -OCH3 is 1. The number of ether oxygens (including phenoxy) is 1. The summed E-state index contributed by atoms with van der Waals surface area (Å²) in [7, 11) is 1.57. The van der Waals surface area contributed by atoms with Crippen molar-refractivity contribution >= 4 is 5.91 Å². The summed E-state index contributed by atoms with van der Waals surface area (Å²) >= 11 is 0. The standard InChI is InChI=1S/C12H13NO4/c1-15-11(10-3-2-5-17-10)7-13-12(14)9-4-6-16-8-9/h2-6,8,11H,7H2,1H3,(H,13,14). The normalized spacial score (nSPS) is 12.3. The first kappa shape index (κ1) is 11.5. The molecule has 90 valence electrons. The molecule has 1 N–H and O–H groups in total. The van der Waals surface area contributed by atoms with Crippen LogP contribution in [0.1, 0.15) is 22.2 Å². The molecule has 0 aromatic carbocycles. The average molecular weight is 235 g/mol. The highest BCUT2D eigenvalue weighted by atomic mass is 16.5. The van der Waals surface area contributed by atoms with Gasteiger partial charge in [0.2, 0.25) is 0 Å². The van der Waals surface area contributed by atoms with Crippen LogP contribution in [0.25, 0.3) is 0 Å². The van der Waals surface area contributed by atoms with Crippen LogP contribution in [0.15, 0.2) is 45.8 Å². The van der Waals surface area contributed by atoms with Crippen LogP contribution in [-0.2, 0) is 4.74 Å². The number of hydrogen-bond donors (Lipinski definition) is 1. The molecule has 0 aliphatic rings. The van der Waals surface area contributed by atoms with Gasteiger partial charge < -0.3 is 18.9 Å². The lowest BCUT2D eigenvalue weighted by Crippen LogP contribution is -2.28. The van der Waals surface area contributed by atoms with Gasteiger partial charge in [0.05, 0.1) is 24.6 Å². The fraction of sp³-hybridized carbons (Fsp3) is 0.250. The largest absolute Gasteiger partial charge is 0.472 e. The molecule has 0 radical (unpaired) electrons. The summed E-state index contributed by atoms with van der Waals surface area (Å²) in [5.74, 6) is 0.479. The molecule has 0 saturated carbocycles. The van der Waals surface area contributed by atoms with Crippen molar-refractivity contribution in [2.24, 2.45) is 0 Å². The zero-order chi connectivity index (χ0) is 12.1. The Hall–Kier alpha value is -2.01. The third-order valence-corrected chi connectivity index (χ3v) is 2.38. The molecule has 2 aromatic rings. The first-order valence-corrected chi connectivity index (χ1v) is 5.18. The van der Waals surface area contributed by atoms with Gasteiger partial charge in [-0.15, -0.1) is 0 Å². The second-order valence-electron chi connectivity index (χ2n) is 3.46. The highest BCUT2D eigenvalue weighted by Gasteiger charge is 2.15. The second kappa shape index (κ2) is 5.36. The fourth-order valence-corrected chi connectivity index (χ4v) is 1.46. The van der Waals surface area contributed by atoms with Crippen LogP contribution in [0.4, 0.5) is 0 Å². The fourth-order valence-electron chi connectivity index (χ4n) is 1.46. The molecule has 2 rings (SSSR count). The van der Waals surface area contributed by atoms with E-state index in [1.165, 1.54) is 12.5 Å². The van der Waals surface area contributed by atoms with Gasteiger partial charge in [0.15, 0.2) is 0 Å². The molecule has 0 aliphatic heterocycles. The minimum atomic E-state index is -0.291. The van der Waals surface area contributed by atoms with E-state index in [9.17, 15) is 4.79 Å². The summed E-state index contributed by atoms with van der Waals surface area (Å²) in [6.07, 6.45) is 4.12. The molecule has 0 fully saturated rings. The van der Waals surface area contributed by atoms with E-state index in [1.54, 1.807) is 31.6 Å². The van der Waals surface area contributed by atoms with E-state index in [-0.39, 0.29) is 12.0 Å². The van der Waals surface area contributed by atoms with Crippen LogP contribution in [0.3, 0.4) is 0 Å². The Morgan fingerprint density at radius 2 is 2.35 bits per heavy atom. The smallest absolute Gasteiger partial charge is 0.254 e. The Morgan fingerprint density at radius 1 is 1.47 bits per heavy atom. The number of furan rings is 2. The van der Waals surface area contributed by atoms with Crippen molar-refractivity contribution < 1.29 is 18.4 Å². The highest BCUT2D eigenvalue weighted by Crippen LogP contribution is 2.15. The third-order valence-electron chi connectivity index (χ3n) is 2.38. The molecular formula is C12H13NO4. The summed E-state index contributed by atoms with van der Waals surface area (Å²) in [4.78, 5) is 11.6. The van der Waals surface area contributed by atoms with Crippen molar-refractivity contribution in [2.45, 2.75) is 6.10 Å². The third kappa shape index (κ3) is 2.76. The van der Waals surface area contributed by atoms with Gasteiger partial charge >= 0.3 is 0 Å². The molecule has 0 saturated heterocycles. The Balaban J connectivity index is 1.91. The van der Waals surface area contributed by atoms with E-state index in [2.05, 4.69) is 5.32 Å². The van der Waals surface area contributed by atoms with Crippen molar-refractivity contribution in [3.05, 3.63) is 48.3 Å². The maximum absolute atomic E-state index is 11.6. The van der Waals surface area contributed by atoms with Crippen molar-refractivity contribution in [3.63, 3.8) is 0 Å². The molecule has 17 heavy (non-hydrogen) atoms.